The number of aromatic amines is 1. The molecule has 1 aliphatic rings. The zero-order valence-corrected chi connectivity index (χ0v) is 26.8. The van der Waals surface area contributed by atoms with Crippen molar-refractivity contribution >= 4 is 28.0 Å². The second kappa shape index (κ2) is 15.5. The molecule has 1 N–H and O–H groups in total. The molecule has 0 unspecified atom stereocenters. The molecule has 0 saturated carbocycles. The molecule has 2 heterocycles. The molecule has 4 atom stereocenters. The summed E-state index contributed by atoms with van der Waals surface area (Å²) < 4.78 is 56.2. The summed E-state index contributed by atoms with van der Waals surface area (Å²) in [6.45, 7) is 6.85. The van der Waals surface area contributed by atoms with Crippen LogP contribution in [0.5, 0.6) is 0 Å². The molecule has 248 valence electrons. The highest BCUT2D eigenvalue weighted by atomic mass is 32.2. The fourth-order valence-corrected chi connectivity index (χ4v) is 5.59. The van der Waals surface area contributed by atoms with Gasteiger partial charge in [-0.2, -0.15) is 8.42 Å². The van der Waals surface area contributed by atoms with Gasteiger partial charge in [-0.15, -0.1) is 0 Å². The Hall–Kier alpha value is -3.82. The largest absolute Gasteiger partial charge is 0.462 e. The van der Waals surface area contributed by atoms with E-state index in [9.17, 15) is 32.4 Å². The smallest absolute Gasteiger partial charge is 0.330 e. The molecule has 1 saturated heterocycles. The highest BCUT2D eigenvalue weighted by molar-refractivity contribution is 7.86. The van der Waals surface area contributed by atoms with Crippen molar-refractivity contribution in [3.05, 3.63) is 62.4 Å². The summed E-state index contributed by atoms with van der Waals surface area (Å²) in [5, 5.41) is 0. The van der Waals surface area contributed by atoms with Gasteiger partial charge in [0.25, 0.3) is 15.7 Å². The predicted molar refractivity (Wildman–Crippen MR) is 159 cm³/mol. The summed E-state index contributed by atoms with van der Waals surface area (Å²) >= 11 is 0. The molecule has 0 spiro atoms. The van der Waals surface area contributed by atoms with Crippen LogP contribution in [0.15, 0.2) is 44.9 Å². The van der Waals surface area contributed by atoms with Crippen LogP contribution in [0.1, 0.15) is 76.7 Å². The molecule has 3 rings (SSSR count). The van der Waals surface area contributed by atoms with Crippen molar-refractivity contribution in [2.45, 2.75) is 102 Å². The van der Waals surface area contributed by atoms with Gasteiger partial charge < -0.3 is 18.9 Å². The number of carbonyl (C=O) groups excluding carboxylic acids is 3. The van der Waals surface area contributed by atoms with Crippen LogP contribution in [0.3, 0.4) is 0 Å². The maximum absolute atomic E-state index is 13.3. The van der Waals surface area contributed by atoms with Gasteiger partial charge in [0.05, 0.1) is 4.90 Å². The van der Waals surface area contributed by atoms with Crippen molar-refractivity contribution in [1.29, 1.82) is 0 Å². The number of aromatic nitrogens is 2. The fourth-order valence-electron chi connectivity index (χ4n) is 4.63. The highest BCUT2D eigenvalue weighted by Gasteiger charge is 2.62. The minimum Gasteiger partial charge on any atom is -0.462 e. The van der Waals surface area contributed by atoms with E-state index < -0.39 is 76.5 Å². The Labute approximate surface area is 261 Å². The third-order valence-corrected chi connectivity index (χ3v) is 8.28. The van der Waals surface area contributed by atoms with Crippen LogP contribution in [0.2, 0.25) is 0 Å². The standard InChI is InChI=1S/C30H40N2O12S/c1-6-9-22(33)40-17-30(18-41-45(38,39)21-14-12-19(4)13-15-21)26(43-24(35)11-8-3)25(42-23(34)10-7-2)28(44-30)32-16-20(5)27(36)31-29(32)37/h12-16,25-26,28H,6-11,17-18H2,1-5H3,(H,31,36,37)/t25-,26-,28-,30+/m1/s1. The SMILES string of the molecule is CCCC(=O)OC[C@@]1(COS(=O)(=O)c2ccc(C)cc2)O[C@@H](n2cc(C)c(=O)[nH]c2=O)[C@H](OC(=O)CCC)[C@H]1OC(=O)CCC. The summed E-state index contributed by atoms with van der Waals surface area (Å²) in [6, 6.07) is 5.83. The van der Waals surface area contributed by atoms with E-state index in [0.29, 0.717) is 19.3 Å². The zero-order valence-electron chi connectivity index (χ0n) is 26.0. The third kappa shape index (κ3) is 8.89. The molecular weight excluding hydrogens is 612 g/mol. The number of ether oxygens (including phenoxy) is 4. The molecule has 0 radical (unpaired) electrons. The maximum atomic E-state index is 13.3. The lowest BCUT2D eigenvalue weighted by Gasteiger charge is -2.33. The van der Waals surface area contributed by atoms with Crippen LogP contribution in [0.4, 0.5) is 0 Å². The maximum Gasteiger partial charge on any atom is 0.330 e. The average molecular weight is 653 g/mol. The monoisotopic (exact) mass is 652 g/mol. The molecule has 2 aromatic rings. The average Bonchev–Trinajstić information content (AvgIpc) is 3.26. The van der Waals surface area contributed by atoms with Crippen LogP contribution >= 0.6 is 0 Å². The van der Waals surface area contributed by atoms with Gasteiger partial charge in [-0.3, -0.25) is 32.9 Å². The Morgan fingerprint density at radius 2 is 1.47 bits per heavy atom. The van der Waals surface area contributed by atoms with Crippen molar-refractivity contribution in [3.63, 3.8) is 0 Å². The number of hydrogen-bond acceptors (Lipinski definition) is 12. The van der Waals surface area contributed by atoms with E-state index in [1.165, 1.54) is 25.3 Å². The summed E-state index contributed by atoms with van der Waals surface area (Å²) in [4.78, 5) is 65.5. The Morgan fingerprint density at radius 3 is 2.07 bits per heavy atom. The van der Waals surface area contributed by atoms with Gasteiger partial charge in [-0.25, -0.2) is 4.79 Å². The van der Waals surface area contributed by atoms with Crippen molar-refractivity contribution < 1.29 is 45.9 Å². The third-order valence-electron chi connectivity index (χ3n) is 7.01. The Morgan fingerprint density at radius 1 is 0.889 bits per heavy atom. The van der Waals surface area contributed by atoms with Crippen molar-refractivity contribution in [2.75, 3.05) is 13.2 Å². The molecule has 1 aliphatic heterocycles. The summed E-state index contributed by atoms with van der Waals surface area (Å²) in [6.07, 6.45) is -2.46. The lowest BCUT2D eigenvalue weighted by Crippen LogP contribution is -2.54. The molecule has 45 heavy (non-hydrogen) atoms. The molecular formula is C30H40N2O12S. The van der Waals surface area contributed by atoms with E-state index >= 15 is 0 Å². The summed E-state index contributed by atoms with van der Waals surface area (Å²) in [7, 11) is -4.45. The fraction of sp³-hybridized carbons (Fsp3) is 0.567. The van der Waals surface area contributed by atoms with E-state index in [4.69, 9.17) is 23.1 Å². The van der Waals surface area contributed by atoms with Crippen LogP contribution in [0.25, 0.3) is 0 Å². The van der Waals surface area contributed by atoms with E-state index in [1.807, 2.05) is 0 Å². The molecule has 1 aromatic carbocycles. The molecule has 14 nitrogen and oxygen atoms in total. The van der Waals surface area contributed by atoms with E-state index in [1.54, 1.807) is 39.8 Å². The van der Waals surface area contributed by atoms with Crippen molar-refractivity contribution in [2.24, 2.45) is 0 Å². The van der Waals surface area contributed by atoms with Gasteiger partial charge in [-0.1, -0.05) is 38.5 Å². The molecule has 1 fully saturated rings. The number of carbonyl (C=O) groups is 3. The van der Waals surface area contributed by atoms with E-state index in [2.05, 4.69) is 4.98 Å². The summed E-state index contributed by atoms with van der Waals surface area (Å²) in [5.74, 6) is -2.15. The number of rotatable bonds is 15. The van der Waals surface area contributed by atoms with Gasteiger partial charge in [0.15, 0.2) is 24.0 Å². The lowest BCUT2D eigenvalue weighted by molar-refractivity contribution is -0.186. The lowest BCUT2D eigenvalue weighted by atomic mass is 9.96. The van der Waals surface area contributed by atoms with Gasteiger partial charge in [0, 0.05) is 31.0 Å². The van der Waals surface area contributed by atoms with Crippen molar-refractivity contribution in [3.8, 4) is 0 Å². The molecule has 1 aromatic heterocycles. The molecule has 15 heteroatoms. The summed E-state index contributed by atoms with van der Waals surface area (Å²) in [5.41, 5.74) is -2.82. The Balaban J connectivity index is 2.20. The van der Waals surface area contributed by atoms with E-state index in [0.717, 1.165) is 10.1 Å². The second-order valence-electron chi connectivity index (χ2n) is 10.9. The van der Waals surface area contributed by atoms with Crippen LogP contribution in [-0.2, 0) is 47.6 Å². The van der Waals surface area contributed by atoms with Gasteiger partial charge >= 0.3 is 23.6 Å². The molecule has 0 bridgehead atoms. The minimum absolute atomic E-state index is 0.00973. The number of aryl methyl sites for hydroxylation is 2. The quantitative estimate of drug-likeness (QED) is 0.169. The first kappa shape index (κ1) is 35.7. The second-order valence-corrected chi connectivity index (χ2v) is 12.5. The highest BCUT2D eigenvalue weighted by Crippen LogP contribution is 2.42. The predicted octanol–water partition coefficient (Wildman–Crippen LogP) is 2.59. The number of benzene rings is 1. The first-order chi connectivity index (χ1) is 21.3. The van der Waals surface area contributed by atoms with Crippen LogP contribution in [0, 0.1) is 13.8 Å². The van der Waals surface area contributed by atoms with Crippen LogP contribution in [-0.4, -0.2) is 66.9 Å². The van der Waals surface area contributed by atoms with Crippen molar-refractivity contribution in [1.82, 2.24) is 9.55 Å². The van der Waals surface area contributed by atoms with Crippen LogP contribution < -0.4 is 11.2 Å². The minimum atomic E-state index is -4.45. The number of hydrogen-bond donors (Lipinski definition) is 1. The number of nitrogens with zero attached hydrogens (tertiary/aromatic N) is 1. The first-order valence-corrected chi connectivity index (χ1v) is 16.2. The zero-order chi connectivity index (χ0) is 33.4. The normalized spacial score (nSPS) is 21.3. The Kier molecular flexibility index (Phi) is 12.2. The first-order valence-electron chi connectivity index (χ1n) is 14.8. The topological polar surface area (TPSA) is 186 Å². The van der Waals surface area contributed by atoms with E-state index in [-0.39, 0.29) is 29.7 Å². The molecule has 0 amide bonds. The number of nitrogens with one attached hydrogen (secondary N) is 1. The molecule has 0 aliphatic carbocycles. The Bertz CT molecular complexity index is 1580. The number of H-pyrrole nitrogens is 1. The van der Waals surface area contributed by atoms with Gasteiger partial charge in [-0.05, 0) is 45.2 Å². The van der Waals surface area contributed by atoms with Gasteiger partial charge in [0.1, 0.15) is 13.2 Å². The van der Waals surface area contributed by atoms with Gasteiger partial charge in [0.2, 0.25) is 0 Å². The number of esters is 3.